The Morgan fingerprint density at radius 3 is 1.32 bits per heavy atom. The van der Waals surface area contributed by atoms with E-state index in [1.54, 1.807) is 0 Å². The SMILES string of the molecule is CCC=CCCCCCCCCCCCCCCCCCC(CC)(P(=O)=O)[N+](C)(C)C. The minimum atomic E-state index is -2.41. The number of nitrogens with zero attached hydrogens (tertiary/aromatic N) is 1. The van der Waals surface area contributed by atoms with Crippen molar-refractivity contribution in [3.05, 3.63) is 12.2 Å². The third-order valence-corrected chi connectivity index (χ3v) is 8.82. The molecule has 0 rings (SSSR count). The number of unbranched alkanes of at least 4 members (excludes halogenated alkanes) is 15. The Morgan fingerprint density at radius 1 is 0.613 bits per heavy atom. The van der Waals surface area contributed by atoms with Crippen LogP contribution in [0.4, 0.5) is 0 Å². The molecular formula is C27H55NO2P+. The monoisotopic (exact) mass is 456 g/mol. The summed E-state index contributed by atoms with van der Waals surface area (Å²) in [6.45, 7) is 4.22. The Labute approximate surface area is 195 Å². The zero-order valence-corrected chi connectivity index (χ0v) is 22.7. The molecule has 0 aromatic heterocycles. The van der Waals surface area contributed by atoms with Crippen molar-refractivity contribution in [2.24, 2.45) is 0 Å². The molecular weight excluding hydrogens is 401 g/mol. The Balaban J connectivity index is 3.50. The second-order valence-electron chi connectivity index (χ2n) is 10.3. The molecule has 0 aliphatic rings. The summed E-state index contributed by atoms with van der Waals surface area (Å²) < 4.78 is 24.4. The first-order valence-electron chi connectivity index (χ1n) is 13.4. The Morgan fingerprint density at radius 2 is 1.00 bits per heavy atom. The van der Waals surface area contributed by atoms with Crippen LogP contribution in [0, 0.1) is 0 Å². The van der Waals surface area contributed by atoms with Crippen molar-refractivity contribution in [3.63, 3.8) is 0 Å². The highest BCUT2D eigenvalue weighted by Crippen LogP contribution is 2.43. The van der Waals surface area contributed by atoms with Gasteiger partial charge in [-0.05, 0) is 25.7 Å². The number of quaternary nitrogens is 1. The maximum absolute atomic E-state index is 11.9. The molecule has 0 spiro atoms. The van der Waals surface area contributed by atoms with Crippen LogP contribution in [-0.2, 0) is 9.13 Å². The maximum atomic E-state index is 11.9. The third-order valence-electron chi connectivity index (χ3n) is 7.01. The molecule has 0 N–H and O–H groups in total. The Bertz CT molecular complexity index is 500. The topological polar surface area (TPSA) is 34.1 Å². The molecule has 0 saturated carbocycles. The normalized spacial score (nSPS) is 14.2. The quantitative estimate of drug-likeness (QED) is 0.0703. The lowest BCUT2D eigenvalue weighted by molar-refractivity contribution is -0.908. The van der Waals surface area contributed by atoms with E-state index in [9.17, 15) is 9.13 Å². The highest BCUT2D eigenvalue weighted by atomic mass is 31.1. The van der Waals surface area contributed by atoms with Crippen LogP contribution in [0.1, 0.15) is 136 Å². The maximum Gasteiger partial charge on any atom is 0.378 e. The van der Waals surface area contributed by atoms with Crippen LogP contribution in [0.15, 0.2) is 12.2 Å². The lowest BCUT2D eigenvalue weighted by Crippen LogP contribution is -2.53. The van der Waals surface area contributed by atoms with Gasteiger partial charge < -0.3 is 4.48 Å². The number of rotatable bonds is 22. The van der Waals surface area contributed by atoms with Crippen molar-refractivity contribution in [2.45, 2.75) is 141 Å². The largest absolute Gasteiger partial charge is 0.378 e. The summed E-state index contributed by atoms with van der Waals surface area (Å²) in [5, 5.41) is -0.596. The van der Waals surface area contributed by atoms with Crippen LogP contribution in [0.2, 0.25) is 0 Å². The molecule has 31 heavy (non-hydrogen) atoms. The minimum Gasteiger partial charge on any atom is -0.314 e. The molecule has 0 aliphatic carbocycles. The third kappa shape index (κ3) is 14.4. The van der Waals surface area contributed by atoms with Crippen LogP contribution in [0.25, 0.3) is 0 Å². The molecule has 0 fully saturated rings. The molecule has 0 bridgehead atoms. The smallest absolute Gasteiger partial charge is 0.314 e. The van der Waals surface area contributed by atoms with Gasteiger partial charge in [0.2, 0.25) is 5.28 Å². The first-order valence-corrected chi connectivity index (χ1v) is 14.6. The van der Waals surface area contributed by atoms with E-state index in [0.717, 1.165) is 12.8 Å². The first-order chi connectivity index (χ1) is 14.8. The molecule has 0 aromatic rings. The molecule has 0 aromatic carbocycles. The molecule has 0 saturated heterocycles. The summed E-state index contributed by atoms with van der Waals surface area (Å²) >= 11 is 0. The standard InChI is InChI=1S/C27H55NO2P/c1-6-8-9-10-11-12-13-14-15-16-17-18-19-20-21-22-23-24-25-26-27(7-2,31(29)30)28(3,4)5/h8-9H,6-7,10-26H2,1-5H3/q+1. The van der Waals surface area contributed by atoms with Gasteiger partial charge in [0.15, 0.2) is 0 Å². The first kappa shape index (κ1) is 30.6. The van der Waals surface area contributed by atoms with E-state index in [2.05, 4.69) is 19.1 Å². The highest BCUT2D eigenvalue weighted by Gasteiger charge is 2.46. The summed E-state index contributed by atoms with van der Waals surface area (Å²) in [5.41, 5.74) is 0. The van der Waals surface area contributed by atoms with Gasteiger partial charge in [-0.3, -0.25) is 0 Å². The summed E-state index contributed by atoms with van der Waals surface area (Å²) in [6, 6.07) is 0. The number of allylic oxidation sites excluding steroid dienone is 2. The van der Waals surface area contributed by atoms with Gasteiger partial charge in [-0.1, -0.05) is 109 Å². The highest BCUT2D eigenvalue weighted by molar-refractivity contribution is 7.32. The molecule has 1 atom stereocenters. The molecule has 0 amide bonds. The van der Waals surface area contributed by atoms with Gasteiger partial charge in [0.05, 0.1) is 21.1 Å². The fraction of sp³-hybridized carbons (Fsp3) is 0.926. The lowest BCUT2D eigenvalue weighted by Gasteiger charge is -2.40. The van der Waals surface area contributed by atoms with Crippen molar-refractivity contribution in [3.8, 4) is 0 Å². The second-order valence-corrected chi connectivity index (χ2v) is 11.7. The van der Waals surface area contributed by atoms with Gasteiger partial charge >= 0.3 is 7.68 Å². The van der Waals surface area contributed by atoms with Crippen LogP contribution in [-0.4, -0.2) is 30.9 Å². The Hall–Kier alpha value is -0.400. The number of hydrogen-bond acceptors (Lipinski definition) is 2. The van der Waals surface area contributed by atoms with Gasteiger partial charge in [0.1, 0.15) is 0 Å². The van der Waals surface area contributed by atoms with Gasteiger partial charge in [0.25, 0.3) is 0 Å². The van der Waals surface area contributed by atoms with E-state index in [0.29, 0.717) is 10.9 Å². The number of hydrogen-bond donors (Lipinski definition) is 0. The fourth-order valence-corrected chi connectivity index (χ4v) is 5.79. The van der Waals surface area contributed by atoms with Crippen molar-refractivity contribution in [1.82, 2.24) is 0 Å². The summed E-state index contributed by atoms with van der Waals surface area (Å²) in [5.74, 6) is 0. The van der Waals surface area contributed by atoms with E-state index < -0.39 is 13.0 Å². The van der Waals surface area contributed by atoms with E-state index in [1.165, 1.54) is 103 Å². The van der Waals surface area contributed by atoms with Crippen molar-refractivity contribution >= 4 is 7.68 Å². The van der Waals surface area contributed by atoms with E-state index in [-0.39, 0.29) is 0 Å². The predicted octanol–water partition coefficient (Wildman–Crippen LogP) is 9.57. The van der Waals surface area contributed by atoms with Crippen LogP contribution in [0.3, 0.4) is 0 Å². The summed E-state index contributed by atoms with van der Waals surface area (Å²) in [7, 11) is 3.64. The summed E-state index contributed by atoms with van der Waals surface area (Å²) in [6.07, 6.45) is 28.7. The molecule has 0 aliphatic heterocycles. The van der Waals surface area contributed by atoms with Crippen molar-refractivity contribution in [2.75, 3.05) is 21.1 Å². The minimum absolute atomic E-state index is 0.513. The molecule has 1 unspecified atom stereocenters. The lowest BCUT2D eigenvalue weighted by atomic mass is 10.0. The molecule has 0 radical (unpaired) electrons. The van der Waals surface area contributed by atoms with Gasteiger partial charge in [-0.2, -0.15) is 0 Å². The van der Waals surface area contributed by atoms with Crippen molar-refractivity contribution in [1.29, 1.82) is 0 Å². The van der Waals surface area contributed by atoms with Gasteiger partial charge in [0, 0.05) is 12.8 Å². The zero-order chi connectivity index (χ0) is 23.4. The van der Waals surface area contributed by atoms with Crippen LogP contribution < -0.4 is 0 Å². The molecule has 184 valence electrons. The zero-order valence-electron chi connectivity index (χ0n) is 21.8. The molecule has 4 heteroatoms. The molecule has 0 heterocycles. The van der Waals surface area contributed by atoms with Gasteiger partial charge in [-0.25, -0.2) is 9.13 Å². The van der Waals surface area contributed by atoms with E-state index >= 15 is 0 Å². The van der Waals surface area contributed by atoms with Crippen LogP contribution >= 0.6 is 7.68 Å². The molecule has 3 nitrogen and oxygen atoms in total. The Kier molecular flexibility index (Phi) is 18.9. The average Bonchev–Trinajstić information content (AvgIpc) is 2.71. The fourth-order valence-electron chi connectivity index (χ4n) is 4.70. The predicted molar refractivity (Wildman–Crippen MR) is 137 cm³/mol. The average molecular weight is 457 g/mol. The van der Waals surface area contributed by atoms with Gasteiger partial charge in [-0.15, -0.1) is 0 Å². The second kappa shape index (κ2) is 19.1. The van der Waals surface area contributed by atoms with E-state index in [1.807, 2.05) is 28.1 Å². The summed E-state index contributed by atoms with van der Waals surface area (Å²) in [4.78, 5) is 0. The van der Waals surface area contributed by atoms with Crippen molar-refractivity contribution < 1.29 is 13.6 Å². The van der Waals surface area contributed by atoms with Crippen LogP contribution in [0.5, 0.6) is 0 Å². The van der Waals surface area contributed by atoms with E-state index in [4.69, 9.17) is 0 Å².